The first-order chi connectivity index (χ1) is 7.75. The molecule has 0 aromatic carbocycles. The van der Waals surface area contributed by atoms with Crippen LogP contribution in [0.3, 0.4) is 0 Å². The summed E-state index contributed by atoms with van der Waals surface area (Å²) < 4.78 is 5.29. The van der Waals surface area contributed by atoms with Crippen molar-refractivity contribution >= 4 is 5.97 Å². The molecule has 0 N–H and O–H groups in total. The molecule has 0 aliphatic heterocycles. The van der Waals surface area contributed by atoms with Crippen molar-refractivity contribution in [3.63, 3.8) is 0 Å². The van der Waals surface area contributed by atoms with Crippen LogP contribution in [0, 0.1) is 11.8 Å². The Balaban J connectivity index is 1.73. The number of carbonyl (C=O) groups is 1. The van der Waals surface area contributed by atoms with Gasteiger partial charge in [0.15, 0.2) is 0 Å². The Morgan fingerprint density at radius 1 is 0.875 bits per heavy atom. The van der Waals surface area contributed by atoms with E-state index in [-0.39, 0.29) is 12.1 Å². The largest absolute Gasteiger partial charge is 0.463 e. The third-order valence-electron chi connectivity index (χ3n) is 4.37. The second kappa shape index (κ2) is 5.70. The standard InChI is InChI=1S/C14H24O2/c1-11(15)16-14-9-7-13(8-10-14)12-5-3-2-4-6-12/h12-14H,2-10H2,1H3. The van der Waals surface area contributed by atoms with Crippen LogP contribution in [-0.2, 0) is 9.53 Å². The molecule has 0 heterocycles. The van der Waals surface area contributed by atoms with Crippen LogP contribution in [0.15, 0.2) is 0 Å². The lowest BCUT2D eigenvalue weighted by Crippen LogP contribution is -2.28. The Morgan fingerprint density at radius 2 is 1.44 bits per heavy atom. The summed E-state index contributed by atoms with van der Waals surface area (Å²) in [4.78, 5) is 10.9. The molecule has 2 rings (SSSR count). The van der Waals surface area contributed by atoms with Gasteiger partial charge in [-0.15, -0.1) is 0 Å². The van der Waals surface area contributed by atoms with Crippen LogP contribution in [0.2, 0.25) is 0 Å². The minimum Gasteiger partial charge on any atom is -0.463 e. The van der Waals surface area contributed by atoms with Crippen molar-refractivity contribution in [1.29, 1.82) is 0 Å². The van der Waals surface area contributed by atoms with Crippen molar-refractivity contribution < 1.29 is 9.53 Å². The van der Waals surface area contributed by atoms with Crippen LogP contribution in [0.5, 0.6) is 0 Å². The van der Waals surface area contributed by atoms with E-state index < -0.39 is 0 Å². The van der Waals surface area contributed by atoms with Gasteiger partial charge in [-0.1, -0.05) is 32.1 Å². The summed E-state index contributed by atoms with van der Waals surface area (Å²) in [7, 11) is 0. The SMILES string of the molecule is CC(=O)OC1CCC(C2CCCCC2)CC1. The summed E-state index contributed by atoms with van der Waals surface area (Å²) in [5, 5.41) is 0. The van der Waals surface area contributed by atoms with E-state index in [1.165, 1.54) is 51.9 Å². The van der Waals surface area contributed by atoms with Crippen LogP contribution in [0.1, 0.15) is 64.7 Å². The van der Waals surface area contributed by atoms with E-state index in [1.807, 2.05) is 0 Å². The summed E-state index contributed by atoms with van der Waals surface area (Å²) in [5.74, 6) is 1.79. The maximum absolute atomic E-state index is 10.9. The Morgan fingerprint density at radius 3 is 2.00 bits per heavy atom. The molecule has 0 amide bonds. The Bertz CT molecular complexity index is 223. The minimum absolute atomic E-state index is 0.110. The van der Waals surface area contributed by atoms with Gasteiger partial charge in [-0.3, -0.25) is 4.79 Å². The Labute approximate surface area is 98.7 Å². The van der Waals surface area contributed by atoms with Crippen molar-refractivity contribution in [2.75, 3.05) is 0 Å². The number of ether oxygens (including phenoxy) is 1. The van der Waals surface area contributed by atoms with Gasteiger partial charge in [-0.2, -0.15) is 0 Å². The predicted molar refractivity (Wildman–Crippen MR) is 64.1 cm³/mol. The van der Waals surface area contributed by atoms with E-state index in [2.05, 4.69) is 0 Å². The fourth-order valence-corrected chi connectivity index (χ4v) is 3.52. The molecule has 0 spiro atoms. The van der Waals surface area contributed by atoms with Gasteiger partial charge in [0, 0.05) is 6.92 Å². The van der Waals surface area contributed by atoms with E-state index in [4.69, 9.17) is 4.74 Å². The lowest BCUT2D eigenvalue weighted by atomic mass is 9.73. The van der Waals surface area contributed by atoms with Crippen LogP contribution in [0.25, 0.3) is 0 Å². The van der Waals surface area contributed by atoms with Crippen molar-refractivity contribution in [1.82, 2.24) is 0 Å². The molecule has 0 bridgehead atoms. The Kier molecular flexibility index (Phi) is 4.25. The number of rotatable bonds is 2. The zero-order valence-corrected chi connectivity index (χ0v) is 10.4. The molecule has 2 heteroatoms. The molecule has 0 atom stereocenters. The van der Waals surface area contributed by atoms with Crippen LogP contribution >= 0.6 is 0 Å². The molecule has 2 fully saturated rings. The average molecular weight is 224 g/mol. The first kappa shape index (κ1) is 11.9. The second-order valence-corrected chi connectivity index (χ2v) is 5.54. The summed E-state index contributed by atoms with van der Waals surface area (Å²) in [6.45, 7) is 1.52. The number of carbonyl (C=O) groups excluding carboxylic acids is 1. The molecule has 0 saturated heterocycles. The maximum atomic E-state index is 10.9. The van der Waals surface area contributed by atoms with Gasteiger partial charge in [0.05, 0.1) is 0 Å². The van der Waals surface area contributed by atoms with Crippen LogP contribution < -0.4 is 0 Å². The van der Waals surface area contributed by atoms with Gasteiger partial charge in [-0.05, 0) is 37.5 Å². The zero-order valence-electron chi connectivity index (χ0n) is 10.4. The molecule has 2 nitrogen and oxygen atoms in total. The highest BCUT2D eigenvalue weighted by molar-refractivity contribution is 5.66. The molecule has 0 radical (unpaired) electrons. The molecule has 92 valence electrons. The fourth-order valence-electron chi connectivity index (χ4n) is 3.52. The van der Waals surface area contributed by atoms with Gasteiger partial charge in [-0.25, -0.2) is 0 Å². The summed E-state index contributed by atoms with van der Waals surface area (Å²) in [6, 6.07) is 0. The minimum atomic E-state index is -0.110. The highest BCUT2D eigenvalue weighted by Gasteiger charge is 2.29. The fraction of sp³-hybridized carbons (Fsp3) is 0.929. The van der Waals surface area contributed by atoms with Crippen LogP contribution in [0.4, 0.5) is 0 Å². The Hall–Kier alpha value is -0.530. The van der Waals surface area contributed by atoms with Crippen molar-refractivity contribution in [3.05, 3.63) is 0 Å². The summed E-state index contributed by atoms with van der Waals surface area (Å²) >= 11 is 0. The van der Waals surface area contributed by atoms with Gasteiger partial charge in [0.1, 0.15) is 6.10 Å². The number of hydrogen-bond acceptors (Lipinski definition) is 2. The van der Waals surface area contributed by atoms with Crippen molar-refractivity contribution in [3.8, 4) is 0 Å². The van der Waals surface area contributed by atoms with Crippen molar-refractivity contribution in [2.24, 2.45) is 11.8 Å². The first-order valence-electron chi connectivity index (χ1n) is 6.93. The third kappa shape index (κ3) is 3.23. The highest BCUT2D eigenvalue weighted by atomic mass is 16.5. The van der Waals surface area contributed by atoms with E-state index in [0.29, 0.717) is 0 Å². The highest BCUT2D eigenvalue weighted by Crippen LogP contribution is 2.38. The van der Waals surface area contributed by atoms with E-state index >= 15 is 0 Å². The van der Waals surface area contributed by atoms with Gasteiger partial charge in [0.25, 0.3) is 0 Å². The molecule has 16 heavy (non-hydrogen) atoms. The molecule has 0 aromatic rings. The summed E-state index contributed by atoms with van der Waals surface area (Å²) in [6.07, 6.45) is 12.2. The van der Waals surface area contributed by atoms with Gasteiger partial charge in [0.2, 0.25) is 0 Å². The normalized spacial score (nSPS) is 32.3. The number of esters is 1. The first-order valence-corrected chi connectivity index (χ1v) is 6.93. The topological polar surface area (TPSA) is 26.3 Å². The molecule has 2 saturated carbocycles. The molecular formula is C14H24O2. The van der Waals surface area contributed by atoms with E-state index in [9.17, 15) is 4.79 Å². The molecule has 2 aliphatic rings. The van der Waals surface area contributed by atoms with Crippen LogP contribution in [-0.4, -0.2) is 12.1 Å². The lowest BCUT2D eigenvalue weighted by molar-refractivity contribution is -0.148. The average Bonchev–Trinajstić information content (AvgIpc) is 2.30. The molecule has 2 aliphatic carbocycles. The zero-order chi connectivity index (χ0) is 11.4. The quantitative estimate of drug-likeness (QED) is 0.669. The van der Waals surface area contributed by atoms with Gasteiger partial charge >= 0.3 is 5.97 Å². The predicted octanol–water partition coefficient (Wildman–Crippen LogP) is 3.69. The second-order valence-electron chi connectivity index (χ2n) is 5.54. The van der Waals surface area contributed by atoms with Gasteiger partial charge < -0.3 is 4.74 Å². The van der Waals surface area contributed by atoms with E-state index in [0.717, 1.165) is 24.7 Å². The van der Waals surface area contributed by atoms with Crippen molar-refractivity contribution in [2.45, 2.75) is 70.8 Å². The molecule has 0 unspecified atom stereocenters. The maximum Gasteiger partial charge on any atom is 0.302 e. The number of hydrogen-bond donors (Lipinski definition) is 0. The molecule has 0 aromatic heterocycles. The monoisotopic (exact) mass is 224 g/mol. The third-order valence-corrected chi connectivity index (χ3v) is 4.37. The summed E-state index contributed by atoms with van der Waals surface area (Å²) in [5.41, 5.74) is 0. The smallest absolute Gasteiger partial charge is 0.302 e. The van der Waals surface area contributed by atoms with E-state index in [1.54, 1.807) is 0 Å². The molecular weight excluding hydrogens is 200 g/mol. The lowest BCUT2D eigenvalue weighted by Gasteiger charge is -2.35.